The molecule has 2 saturated carbocycles. The highest BCUT2D eigenvalue weighted by Gasteiger charge is 2.44. The van der Waals surface area contributed by atoms with E-state index < -0.39 is 11.7 Å². The Balaban J connectivity index is 1.06. The lowest BCUT2D eigenvalue weighted by Crippen LogP contribution is -2.27. The molecule has 2 fully saturated rings. The second-order valence-corrected chi connectivity index (χ2v) is 11.8. The number of nitrogens with one attached hydrogen (secondary N) is 3. The molecule has 4 aromatic heterocycles. The summed E-state index contributed by atoms with van der Waals surface area (Å²) < 4.78 is 12.7. The van der Waals surface area contributed by atoms with Gasteiger partial charge in [0.05, 0.1) is 19.3 Å². The average Bonchev–Trinajstić information content (AvgIpc) is 3.87. The average molecular weight is 571 g/mol. The van der Waals surface area contributed by atoms with Gasteiger partial charge in [-0.1, -0.05) is 6.07 Å². The van der Waals surface area contributed by atoms with Gasteiger partial charge in [-0.25, -0.2) is 19.7 Å². The first-order valence-corrected chi connectivity index (χ1v) is 14.0. The van der Waals surface area contributed by atoms with E-state index in [9.17, 15) is 9.59 Å². The van der Waals surface area contributed by atoms with E-state index in [1.165, 1.54) is 31.8 Å². The van der Waals surface area contributed by atoms with Crippen molar-refractivity contribution < 1.29 is 19.1 Å². The highest BCUT2D eigenvalue weighted by Crippen LogP contribution is 2.49. The third kappa shape index (κ3) is 6.59. The van der Waals surface area contributed by atoms with Gasteiger partial charge < -0.3 is 24.5 Å². The van der Waals surface area contributed by atoms with Gasteiger partial charge in [0, 0.05) is 30.4 Å². The van der Waals surface area contributed by atoms with Gasteiger partial charge in [-0.15, -0.1) is 0 Å². The Kier molecular flexibility index (Phi) is 7.13. The van der Waals surface area contributed by atoms with E-state index in [1.807, 2.05) is 6.20 Å². The van der Waals surface area contributed by atoms with E-state index in [1.54, 1.807) is 39.0 Å². The van der Waals surface area contributed by atoms with Gasteiger partial charge in [0.1, 0.15) is 35.0 Å². The molecule has 0 bridgehead atoms. The van der Waals surface area contributed by atoms with Crippen LogP contribution in [0.5, 0.6) is 5.88 Å². The molecule has 0 aliphatic heterocycles. The van der Waals surface area contributed by atoms with Crippen molar-refractivity contribution in [1.29, 1.82) is 0 Å². The van der Waals surface area contributed by atoms with Gasteiger partial charge in [-0.05, 0) is 75.1 Å². The number of amides is 2. The van der Waals surface area contributed by atoms with Gasteiger partial charge in [0.15, 0.2) is 0 Å². The molecule has 3 N–H and O–H groups in total. The van der Waals surface area contributed by atoms with Crippen LogP contribution in [0, 0.1) is 5.92 Å². The molecule has 0 saturated heterocycles. The fraction of sp³-hybridized carbons (Fsp3) is 0.400. The number of pyridine rings is 2. The SMILES string of the molecule is COc1cc([C@H]2C[C@@H]2C(=O)Nc2cc(NCc3cn4cc(C5CC5)ccc4n3)ncn2)cc(NC(=O)OC(C)(C)C)n1. The molecule has 2 atom stereocenters. The standard InChI is InChI=1S/C30H34N8O4/c1-30(2,3)42-29(40)37-25-9-19(10-27(35-25)41-4)21-11-22(21)28(39)36-24-12-23(32-16-33-24)31-13-20-15-38-14-18(17-5-6-17)7-8-26(38)34-20/h7-10,12,14-17,21-22H,5-6,11,13H2,1-4H3,(H,35,37,40)(H2,31,32,33,36,39)/t21-,22+/m1/s1. The molecule has 12 heteroatoms. The van der Waals surface area contributed by atoms with Crippen LogP contribution in [-0.2, 0) is 16.1 Å². The normalized spacial score (nSPS) is 17.9. The predicted molar refractivity (Wildman–Crippen MR) is 157 cm³/mol. The molecule has 42 heavy (non-hydrogen) atoms. The second-order valence-electron chi connectivity index (χ2n) is 11.8. The van der Waals surface area contributed by atoms with Crippen molar-refractivity contribution in [2.24, 2.45) is 5.92 Å². The molecular weight excluding hydrogens is 536 g/mol. The summed E-state index contributed by atoms with van der Waals surface area (Å²) in [5, 5.41) is 8.81. The van der Waals surface area contributed by atoms with Crippen molar-refractivity contribution in [2.75, 3.05) is 23.1 Å². The van der Waals surface area contributed by atoms with Crippen LogP contribution in [0.1, 0.15) is 68.7 Å². The molecule has 2 aliphatic rings. The number of nitrogens with zero attached hydrogens (tertiary/aromatic N) is 5. The third-order valence-corrected chi connectivity index (χ3v) is 7.16. The fourth-order valence-corrected chi connectivity index (χ4v) is 4.90. The first-order valence-electron chi connectivity index (χ1n) is 14.0. The van der Waals surface area contributed by atoms with Crippen LogP contribution in [0.3, 0.4) is 0 Å². The third-order valence-electron chi connectivity index (χ3n) is 7.16. The number of aromatic nitrogens is 5. The number of methoxy groups -OCH3 is 1. The number of carbonyl (C=O) groups is 2. The molecular formula is C30H34N8O4. The summed E-state index contributed by atoms with van der Waals surface area (Å²) >= 11 is 0. The van der Waals surface area contributed by atoms with Crippen LogP contribution >= 0.6 is 0 Å². The van der Waals surface area contributed by atoms with E-state index in [2.05, 4.69) is 58.6 Å². The van der Waals surface area contributed by atoms with Crippen molar-refractivity contribution in [2.45, 2.75) is 64.0 Å². The van der Waals surface area contributed by atoms with Crippen molar-refractivity contribution in [3.05, 3.63) is 65.9 Å². The molecule has 2 aliphatic carbocycles. The Morgan fingerprint density at radius 3 is 2.55 bits per heavy atom. The number of anilines is 3. The Hall–Kier alpha value is -4.74. The Bertz CT molecular complexity index is 1640. The summed E-state index contributed by atoms with van der Waals surface area (Å²) in [5.41, 5.74) is 3.35. The number of hydrogen-bond donors (Lipinski definition) is 3. The molecule has 2 amide bonds. The van der Waals surface area contributed by atoms with Crippen LogP contribution in [0.25, 0.3) is 5.65 Å². The van der Waals surface area contributed by atoms with Crippen molar-refractivity contribution in [3.63, 3.8) is 0 Å². The summed E-state index contributed by atoms with van der Waals surface area (Å²) in [7, 11) is 1.50. The fourth-order valence-electron chi connectivity index (χ4n) is 4.90. The Morgan fingerprint density at radius 2 is 1.79 bits per heavy atom. The van der Waals surface area contributed by atoms with Gasteiger partial charge in [-0.2, -0.15) is 4.98 Å². The summed E-state index contributed by atoms with van der Waals surface area (Å²) in [4.78, 5) is 42.8. The topological polar surface area (TPSA) is 145 Å². The molecule has 0 unspecified atom stereocenters. The summed E-state index contributed by atoms with van der Waals surface area (Å²) in [5.74, 6) is 1.87. The molecule has 6 rings (SSSR count). The molecule has 0 aromatic carbocycles. The van der Waals surface area contributed by atoms with Crippen LogP contribution < -0.4 is 20.7 Å². The zero-order valence-electron chi connectivity index (χ0n) is 24.0. The zero-order chi connectivity index (χ0) is 29.4. The molecule has 4 aromatic rings. The van der Waals surface area contributed by atoms with Crippen LogP contribution in [0.2, 0.25) is 0 Å². The number of carbonyl (C=O) groups excluding carboxylic acids is 2. The largest absolute Gasteiger partial charge is 0.481 e. The molecule has 218 valence electrons. The van der Waals surface area contributed by atoms with E-state index in [0.29, 0.717) is 42.2 Å². The summed E-state index contributed by atoms with van der Waals surface area (Å²) in [6.07, 6.45) is 8.15. The van der Waals surface area contributed by atoms with Crippen LogP contribution in [0.15, 0.2) is 49.1 Å². The first-order chi connectivity index (χ1) is 20.1. The van der Waals surface area contributed by atoms with Crippen LogP contribution in [-0.4, -0.2) is 49.0 Å². The zero-order valence-corrected chi connectivity index (χ0v) is 24.0. The number of fused-ring (bicyclic) bond motifs is 1. The van der Waals surface area contributed by atoms with Crippen molar-refractivity contribution in [3.8, 4) is 5.88 Å². The minimum atomic E-state index is -0.643. The summed E-state index contributed by atoms with van der Waals surface area (Å²) in [6.45, 7) is 5.84. The molecule has 0 spiro atoms. The number of ether oxygens (including phenoxy) is 2. The van der Waals surface area contributed by atoms with E-state index in [4.69, 9.17) is 9.47 Å². The van der Waals surface area contributed by atoms with E-state index >= 15 is 0 Å². The van der Waals surface area contributed by atoms with Crippen molar-refractivity contribution >= 4 is 35.1 Å². The quantitative estimate of drug-likeness (QED) is 0.250. The number of rotatable bonds is 9. The highest BCUT2D eigenvalue weighted by molar-refractivity contribution is 5.94. The molecule has 12 nitrogen and oxygen atoms in total. The van der Waals surface area contributed by atoms with Crippen LogP contribution in [0.4, 0.5) is 22.2 Å². The monoisotopic (exact) mass is 570 g/mol. The minimum absolute atomic E-state index is 0.0454. The molecule has 4 heterocycles. The lowest BCUT2D eigenvalue weighted by molar-refractivity contribution is -0.117. The Morgan fingerprint density at radius 1 is 0.976 bits per heavy atom. The van der Waals surface area contributed by atoms with E-state index in [-0.39, 0.29) is 17.7 Å². The van der Waals surface area contributed by atoms with Gasteiger partial charge in [0.2, 0.25) is 11.8 Å². The maximum Gasteiger partial charge on any atom is 0.413 e. The maximum atomic E-state index is 13.1. The van der Waals surface area contributed by atoms with E-state index in [0.717, 1.165) is 16.9 Å². The highest BCUT2D eigenvalue weighted by atomic mass is 16.6. The van der Waals surface area contributed by atoms with Gasteiger partial charge in [-0.3, -0.25) is 10.1 Å². The second kappa shape index (κ2) is 10.9. The number of imidazole rings is 1. The maximum absolute atomic E-state index is 13.1. The Labute approximate surface area is 243 Å². The minimum Gasteiger partial charge on any atom is -0.481 e. The van der Waals surface area contributed by atoms with Gasteiger partial charge in [0.25, 0.3) is 0 Å². The predicted octanol–water partition coefficient (Wildman–Crippen LogP) is 5.11. The van der Waals surface area contributed by atoms with Crippen molar-refractivity contribution in [1.82, 2.24) is 24.3 Å². The first kappa shape index (κ1) is 27.4. The lowest BCUT2D eigenvalue weighted by Gasteiger charge is -2.19. The summed E-state index contributed by atoms with van der Waals surface area (Å²) in [6, 6.07) is 9.43. The number of hydrogen-bond acceptors (Lipinski definition) is 9. The smallest absolute Gasteiger partial charge is 0.413 e. The lowest BCUT2D eigenvalue weighted by atomic mass is 10.1. The molecule has 0 radical (unpaired) electrons. The van der Waals surface area contributed by atoms with Gasteiger partial charge >= 0.3 is 6.09 Å².